The van der Waals surface area contributed by atoms with Crippen molar-refractivity contribution < 1.29 is 14.3 Å². The van der Waals surface area contributed by atoms with Gasteiger partial charge in [-0.05, 0) is 31.0 Å². The van der Waals surface area contributed by atoms with Crippen molar-refractivity contribution in [3.8, 4) is 5.75 Å². The SMILES string of the molecule is CCOC1CC(N)(C(=O)NCCc2ccc(OC)cc2)C1(C)C. The number of nitrogens with two attached hydrogens (primary N) is 1. The Balaban J connectivity index is 1.85. The fourth-order valence-corrected chi connectivity index (χ4v) is 3.09. The molecule has 0 aliphatic heterocycles. The Bertz CT molecular complexity index is 542. The summed E-state index contributed by atoms with van der Waals surface area (Å²) in [5.74, 6) is 0.740. The molecule has 2 rings (SSSR count). The second-order valence-corrected chi connectivity index (χ2v) is 6.70. The van der Waals surface area contributed by atoms with Crippen LogP contribution in [0.2, 0.25) is 0 Å². The normalized spacial score (nSPS) is 25.5. The van der Waals surface area contributed by atoms with Crippen LogP contribution in [0.3, 0.4) is 0 Å². The predicted octanol–water partition coefficient (Wildman–Crippen LogP) is 1.89. The molecule has 23 heavy (non-hydrogen) atoms. The van der Waals surface area contributed by atoms with Gasteiger partial charge in [0.15, 0.2) is 0 Å². The maximum atomic E-state index is 12.5. The monoisotopic (exact) mass is 320 g/mol. The number of hydrogen-bond acceptors (Lipinski definition) is 4. The Morgan fingerprint density at radius 2 is 2.00 bits per heavy atom. The molecule has 1 amide bonds. The first-order chi connectivity index (χ1) is 10.8. The first kappa shape index (κ1) is 17.8. The second kappa shape index (κ2) is 6.89. The maximum Gasteiger partial charge on any atom is 0.240 e. The molecule has 0 saturated heterocycles. The number of carbonyl (C=O) groups is 1. The third-order valence-electron chi connectivity index (χ3n) is 5.09. The molecule has 3 N–H and O–H groups in total. The summed E-state index contributed by atoms with van der Waals surface area (Å²) in [7, 11) is 1.64. The molecular formula is C18H28N2O3. The quantitative estimate of drug-likeness (QED) is 0.804. The Morgan fingerprint density at radius 1 is 1.35 bits per heavy atom. The number of rotatable bonds is 7. The van der Waals surface area contributed by atoms with E-state index in [1.807, 2.05) is 45.0 Å². The molecule has 5 nitrogen and oxygen atoms in total. The molecule has 0 aromatic heterocycles. The van der Waals surface area contributed by atoms with Crippen LogP contribution in [0.5, 0.6) is 5.75 Å². The van der Waals surface area contributed by atoms with E-state index in [9.17, 15) is 4.79 Å². The van der Waals surface area contributed by atoms with Crippen LogP contribution in [0.15, 0.2) is 24.3 Å². The summed E-state index contributed by atoms with van der Waals surface area (Å²) in [5.41, 5.74) is 6.30. The van der Waals surface area contributed by atoms with Gasteiger partial charge in [-0.2, -0.15) is 0 Å². The lowest BCUT2D eigenvalue weighted by atomic mass is 9.54. The van der Waals surface area contributed by atoms with Gasteiger partial charge >= 0.3 is 0 Å². The third-order valence-corrected chi connectivity index (χ3v) is 5.09. The minimum Gasteiger partial charge on any atom is -0.497 e. The Labute approximate surface area is 138 Å². The van der Waals surface area contributed by atoms with Gasteiger partial charge < -0.3 is 20.5 Å². The van der Waals surface area contributed by atoms with Crippen LogP contribution >= 0.6 is 0 Å². The molecule has 0 heterocycles. The van der Waals surface area contributed by atoms with Gasteiger partial charge in [-0.25, -0.2) is 0 Å². The zero-order valence-electron chi connectivity index (χ0n) is 14.5. The molecule has 128 valence electrons. The average Bonchev–Trinajstić information content (AvgIpc) is 2.55. The van der Waals surface area contributed by atoms with Crippen molar-refractivity contribution in [2.75, 3.05) is 20.3 Å². The first-order valence-corrected chi connectivity index (χ1v) is 8.17. The van der Waals surface area contributed by atoms with E-state index < -0.39 is 5.54 Å². The molecule has 1 aromatic rings. The summed E-state index contributed by atoms with van der Waals surface area (Å²) in [6, 6.07) is 7.84. The van der Waals surface area contributed by atoms with E-state index in [1.54, 1.807) is 7.11 Å². The van der Waals surface area contributed by atoms with E-state index in [-0.39, 0.29) is 17.4 Å². The van der Waals surface area contributed by atoms with Crippen molar-refractivity contribution in [1.82, 2.24) is 5.32 Å². The van der Waals surface area contributed by atoms with E-state index in [1.165, 1.54) is 0 Å². The fraction of sp³-hybridized carbons (Fsp3) is 0.611. The Morgan fingerprint density at radius 3 is 2.52 bits per heavy atom. The van der Waals surface area contributed by atoms with Crippen LogP contribution in [-0.4, -0.2) is 37.8 Å². The number of amides is 1. The smallest absolute Gasteiger partial charge is 0.240 e. The van der Waals surface area contributed by atoms with Crippen LogP contribution in [0.25, 0.3) is 0 Å². The van der Waals surface area contributed by atoms with Gasteiger partial charge in [0.1, 0.15) is 11.3 Å². The lowest BCUT2D eigenvalue weighted by molar-refractivity contribution is -0.170. The lowest BCUT2D eigenvalue weighted by Gasteiger charge is -2.57. The number of benzene rings is 1. The molecule has 1 saturated carbocycles. The summed E-state index contributed by atoms with van der Waals surface area (Å²) in [5, 5.41) is 2.97. The molecule has 2 unspecified atom stereocenters. The number of carbonyl (C=O) groups excluding carboxylic acids is 1. The fourth-order valence-electron chi connectivity index (χ4n) is 3.09. The number of methoxy groups -OCH3 is 1. The third kappa shape index (κ3) is 3.35. The molecule has 1 aliphatic carbocycles. The van der Waals surface area contributed by atoms with Crippen molar-refractivity contribution in [2.45, 2.75) is 45.3 Å². The van der Waals surface area contributed by atoms with Crippen LogP contribution < -0.4 is 15.8 Å². The first-order valence-electron chi connectivity index (χ1n) is 8.17. The Hall–Kier alpha value is -1.59. The molecule has 5 heteroatoms. The highest BCUT2D eigenvalue weighted by molar-refractivity contribution is 5.88. The molecule has 0 bridgehead atoms. The summed E-state index contributed by atoms with van der Waals surface area (Å²) in [6.07, 6.45) is 1.38. The maximum absolute atomic E-state index is 12.5. The predicted molar refractivity (Wildman–Crippen MR) is 90.4 cm³/mol. The molecule has 1 aromatic carbocycles. The number of nitrogens with one attached hydrogen (secondary N) is 1. The highest BCUT2D eigenvalue weighted by Gasteiger charge is 2.62. The van der Waals surface area contributed by atoms with Gasteiger partial charge in [0, 0.05) is 25.0 Å². The minimum atomic E-state index is -0.854. The van der Waals surface area contributed by atoms with Gasteiger partial charge in [-0.1, -0.05) is 26.0 Å². The summed E-state index contributed by atoms with van der Waals surface area (Å²) in [6.45, 7) is 7.17. The van der Waals surface area contributed by atoms with E-state index in [2.05, 4.69) is 5.32 Å². The molecule has 2 atom stereocenters. The number of hydrogen-bond donors (Lipinski definition) is 2. The molecule has 1 fully saturated rings. The topological polar surface area (TPSA) is 73.6 Å². The standard InChI is InChI=1S/C18H28N2O3/c1-5-23-15-12-18(19,17(15,2)3)16(21)20-11-10-13-6-8-14(22-4)9-7-13/h6-9,15H,5,10-12,19H2,1-4H3,(H,20,21). The summed E-state index contributed by atoms with van der Waals surface area (Å²) < 4.78 is 10.8. The largest absolute Gasteiger partial charge is 0.497 e. The Kier molecular flexibility index (Phi) is 5.32. The molecular weight excluding hydrogens is 292 g/mol. The van der Waals surface area contributed by atoms with E-state index in [4.69, 9.17) is 15.2 Å². The van der Waals surface area contributed by atoms with Gasteiger partial charge in [0.2, 0.25) is 5.91 Å². The second-order valence-electron chi connectivity index (χ2n) is 6.70. The van der Waals surface area contributed by atoms with Crippen LogP contribution in [0.1, 0.15) is 32.8 Å². The van der Waals surface area contributed by atoms with Crippen molar-refractivity contribution >= 4 is 5.91 Å². The summed E-state index contributed by atoms with van der Waals surface area (Å²) >= 11 is 0. The highest BCUT2D eigenvalue weighted by atomic mass is 16.5. The molecule has 1 aliphatic rings. The van der Waals surface area contributed by atoms with E-state index in [0.717, 1.165) is 17.7 Å². The van der Waals surface area contributed by atoms with Crippen LogP contribution in [0.4, 0.5) is 0 Å². The van der Waals surface area contributed by atoms with Gasteiger partial charge in [-0.15, -0.1) is 0 Å². The van der Waals surface area contributed by atoms with Crippen molar-refractivity contribution in [3.63, 3.8) is 0 Å². The van der Waals surface area contributed by atoms with Crippen molar-refractivity contribution in [1.29, 1.82) is 0 Å². The number of ether oxygens (including phenoxy) is 2. The van der Waals surface area contributed by atoms with Gasteiger partial charge in [0.05, 0.1) is 13.2 Å². The lowest BCUT2D eigenvalue weighted by Crippen LogP contribution is -2.75. The van der Waals surface area contributed by atoms with E-state index in [0.29, 0.717) is 19.6 Å². The molecule has 0 radical (unpaired) electrons. The highest BCUT2D eigenvalue weighted by Crippen LogP contribution is 2.49. The molecule has 0 spiro atoms. The average molecular weight is 320 g/mol. The zero-order valence-corrected chi connectivity index (χ0v) is 14.5. The summed E-state index contributed by atoms with van der Waals surface area (Å²) in [4.78, 5) is 12.5. The van der Waals surface area contributed by atoms with Crippen molar-refractivity contribution in [2.24, 2.45) is 11.1 Å². The van der Waals surface area contributed by atoms with Crippen LogP contribution in [0, 0.1) is 5.41 Å². The van der Waals surface area contributed by atoms with Gasteiger partial charge in [0.25, 0.3) is 0 Å². The zero-order chi connectivity index (χ0) is 17.1. The van der Waals surface area contributed by atoms with Gasteiger partial charge in [-0.3, -0.25) is 4.79 Å². The van der Waals surface area contributed by atoms with E-state index >= 15 is 0 Å². The minimum absolute atomic E-state index is 0.0461. The van der Waals surface area contributed by atoms with Crippen molar-refractivity contribution in [3.05, 3.63) is 29.8 Å². The van der Waals surface area contributed by atoms with Crippen LogP contribution in [-0.2, 0) is 16.0 Å².